The largest absolute Gasteiger partial charge is 0.329 e. The Morgan fingerprint density at radius 2 is 2.13 bits per heavy atom. The van der Waals surface area contributed by atoms with Crippen molar-refractivity contribution in [1.29, 1.82) is 0 Å². The summed E-state index contributed by atoms with van der Waals surface area (Å²) in [5.74, 6) is 0.601. The molecule has 0 saturated heterocycles. The lowest BCUT2D eigenvalue weighted by atomic mass is 9.99. The normalized spacial score (nSPS) is 13.1. The molecule has 0 radical (unpaired) electrons. The van der Waals surface area contributed by atoms with Crippen molar-refractivity contribution in [2.45, 2.75) is 20.3 Å². The van der Waals surface area contributed by atoms with Crippen LogP contribution in [0.4, 0.5) is 0 Å². The van der Waals surface area contributed by atoms with Gasteiger partial charge < -0.3 is 9.88 Å². The molecule has 84 valence electrons. The van der Waals surface area contributed by atoms with E-state index < -0.39 is 0 Å². The lowest BCUT2D eigenvalue weighted by Crippen LogP contribution is -2.21. The average molecular weight is 208 g/mol. The Hall–Kier alpha value is -1.09. The molecule has 1 aromatic heterocycles. The summed E-state index contributed by atoms with van der Waals surface area (Å²) in [5, 5.41) is 0. The average Bonchev–Trinajstić information content (AvgIpc) is 2.08. The molecule has 1 heterocycles. The summed E-state index contributed by atoms with van der Waals surface area (Å²) in [6.45, 7) is 5.29. The third kappa shape index (κ3) is 3.88. The number of nitrogens with one attached hydrogen (secondary N) is 1. The van der Waals surface area contributed by atoms with E-state index in [0.29, 0.717) is 5.92 Å². The predicted octanol–water partition coefficient (Wildman–Crippen LogP) is 1.42. The minimum Gasteiger partial charge on any atom is -0.329 e. The zero-order valence-electron chi connectivity index (χ0n) is 10.0. The van der Waals surface area contributed by atoms with Crippen molar-refractivity contribution in [2.75, 3.05) is 20.6 Å². The minimum atomic E-state index is -0.0171. The van der Waals surface area contributed by atoms with E-state index in [1.54, 1.807) is 6.07 Å². The number of hydrogen-bond donors (Lipinski definition) is 1. The van der Waals surface area contributed by atoms with Gasteiger partial charge in [-0.3, -0.25) is 4.79 Å². The van der Waals surface area contributed by atoms with E-state index in [2.05, 4.69) is 30.9 Å². The van der Waals surface area contributed by atoms with Gasteiger partial charge in [-0.25, -0.2) is 0 Å². The lowest BCUT2D eigenvalue weighted by Gasteiger charge is -2.17. The van der Waals surface area contributed by atoms with E-state index in [-0.39, 0.29) is 5.56 Å². The van der Waals surface area contributed by atoms with Crippen LogP contribution in [0.1, 0.15) is 18.1 Å². The first-order valence-corrected chi connectivity index (χ1v) is 5.32. The molecule has 0 bridgehead atoms. The highest BCUT2D eigenvalue weighted by Crippen LogP contribution is 2.10. The molecular formula is C12H20N2O. The quantitative estimate of drug-likeness (QED) is 0.812. The van der Waals surface area contributed by atoms with E-state index in [0.717, 1.165) is 18.5 Å². The molecule has 3 heteroatoms. The second-order valence-corrected chi connectivity index (χ2v) is 4.58. The molecule has 0 fully saturated rings. The number of nitrogens with zero attached hydrogens (tertiary/aromatic N) is 1. The Kier molecular flexibility index (Phi) is 4.09. The summed E-state index contributed by atoms with van der Waals surface area (Å²) in [5.41, 5.74) is 2.31. The molecule has 1 N–H and O–H groups in total. The topological polar surface area (TPSA) is 36.1 Å². The maximum absolute atomic E-state index is 11.0. The van der Waals surface area contributed by atoms with E-state index >= 15 is 0 Å². The van der Waals surface area contributed by atoms with Gasteiger partial charge in [-0.05, 0) is 44.5 Å². The van der Waals surface area contributed by atoms with Crippen LogP contribution < -0.4 is 5.56 Å². The third-order valence-electron chi connectivity index (χ3n) is 2.49. The first-order valence-electron chi connectivity index (χ1n) is 5.32. The van der Waals surface area contributed by atoms with Crippen LogP contribution in [0.25, 0.3) is 0 Å². The smallest absolute Gasteiger partial charge is 0.248 e. The van der Waals surface area contributed by atoms with Gasteiger partial charge in [-0.1, -0.05) is 6.92 Å². The second kappa shape index (κ2) is 5.12. The molecule has 1 rings (SSSR count). The summed E-state index contributed by atoms with van der Waals surface area (Å²) < 4.78 is 0. The van der Waals surface area contributed by atoms with Crippen molar-refractivity contribution in [3.05, 3.63) is 33.7 Å². The molecule has 3 nitrogen and oxygen atoms in total. The van der Waals surface area contributed by atoms with Crippen LogP contribution in [-0.4, -0.2) is 30.5 Å². The molecule has 0 aliphatic heterocycles. The number of rotatable bonds is 4. The van der Waals surface area contributed by atoms with Gasteiger partial charge in [-0.2, -0.15) is 0 Å². The lowest BCUT2D eigenvalue weighted by molar-refractivity contribution is 0.338. The molecule has 0 amide bonds. The monoisotopic (exact) mass is 208 g/mol. The van der Waals surface area contributed by atoms with Gasteiger partial charge in [0, 0.05) is 18.8 Å². The van der Waals surface area contributed by atoms with Gasteiger partial charge in [0.2, 0.25) is 5.56 Å². The van der Waals surface area contributed by atoms with Crippen LogP contribution in [0, 0.1) is 12.8 Å². The molecule has 1 unspecified atom stereocenters. The van der Waals surface area contributed by atoms with Crippen molar-refractivity contribution < 1.29 is 0 Å². The molecule has 1 atom stereocenters. The fourth-order valence-corrected chi connectivity index (χ4v) is 1.89. The zero-order chi connectivity index (χ0) is 11.4. The van der Waals surface area contributed by atoms with Gasteiger partial charge in [0.15, 0.2) is 0 Å². The molecular weight excluding hydrogens is 188 g/mol. The first-order chi connectivity index (χ1) is 6.99. The zero-order valence-corrected chi connectivity index (χ0v) is 10.0. The van der Waals surface area contributed by atoms with Crippen LogP contribution >= 0.6 is 0 Å². The fraction of sp³-hybridized carbons (Fsp3) is 0.583. The van der Waals surface area contributed by atoms with Gasteiger partial charge in [0.05, 0.1) is 0 Å². The number of aryl methyl sites for hydroxylation is 1. The van der Waals surface area contributed by atoms with Crippen molar-refractivity contribution in [3.8, 4) is 0 Å². The van der Waals surface area contributed by atoms with E-state index in [4.69, 9.17) is 0 Å². The molecule has 1 aromatic rings. The maximum atomic E-state index is 11.0. The molecule has 0 aliphatic carbocycles. The second-order valence-electron chi connectivity index (χ2n) is 4.58. The molecule has 0 aliphatic rings. The van der Waals surface area contributed by atoms with Gasteiger partial charge >= 0.3 is 0 Å². The Labute approximate surface area is 91.1 Å². The van der Waals surface area contributed by atoms with Gasteiger partial charge in [0.25, 0.3) is 0 Å². The summed E-state index contributed by atoms with van der Waals surface area (Å²) >= 11 is 0. The van der Waals surface area contributed by atoms with Crippen molar-refractivity contribution in [2.24, 2.45) is 5.92 Å². The third-order valence-corrected chi connectivity index (χ3v) is 2.49. The molecule has 0 aromatic carbocycles. The Morgan fingerprint density at radius 3 is 2.67 bits per heavy atom. The van der Waals surface area contributed by atoms with Crippen molar-refractivity contribution >= 4 is 0 Å². The van der Waals surface area contributed by atoms with E-state index in [1.807, 2.05) is 13.1 Å². The van der Waals surface area contributed by atoms with E-state index in [1.165, 1.54) is 5.56 Å². The van der Waals surface area contributed by atoms with Crippen LogP contribution in [0.2, 0.25) is 0 Å². The van der Waals surface area contributed by atoms with Crippen LogP contribution in [0.15, 0.2) is 17.1 Å². The summed E-state index contributed by atoms with van der Waals surface area (Å²) in [7, 11) is 4.16. The highest BCUT2D eigenvalue weighted by atomic mass is 16.1. The molecule has 15 heavy (non-hydrogen) atoms. The SMILES string of the molecule is Cc1cc(=O)[nH]cc1CC(C)CN(C)C. The molecule has 0 saturated carbocycles. The minimum absolute atomic E-state index is 0.0171. The Morgan fingerprint density at radius 1 is 1.47 bits per heavy atom. The number of pyridine rings is 1. The van der Waals surface area contributed by atoms with Gasteiger partial charge in [0.1, 0.15) is 0 Å². The van der Waals surface area contributed by atoms with E-state index in [9.17, 15) is 4.79 Å². The Balaban J connectivity index is 2.68. The summed E-state index contributed by atoms with van der Waals surface area (Å²) in [4.78, 5) is 16.0. The maximum Gasteiger partial charge on any atom is 0.248 e. The van der Waals surface area contributed by atoms with Crippen molar-refractivity contribution in [3.63, 3.8) is 0 Å². The summed E-state index contributed by atoms with van der Waals surface area (Å²) in [6.07, 6.45) is 2.85. The first kappa shape index (κ1) is 12.0. The van der Waals surface area contributed by atoms with Gasteiger partial charge in [-0.15, -0.1) is 0 Å². The Bertz CT molecular complexity index is 368. The number of hydrogen-bond acceptors (Lipinski definition) is 2. The summed E-state index contributed by atoms with van der Waals surface area (Å²) in [6, 6.07) is 1.66. The van der Waals surface area contributed by atoms with Crippen LogP contribution in [0.5, 0.6) is 0 Å². The fourth-order valence-electron chi connectivity index (χ4n) is 1.89. The number of aromatic amines is 1. The number of H-pyrrole nitrogens is 1. The van der Waals surface area contributed by atoms with Crippen LogP contribution in [-0.2, 0) is 6.42 Å². The highest BCUT2D eigenvalue weighted by molar-refractivity contribution is 5.21. The van der Waals surface area contributed by atoms with Crippen molar-refractivity contribution in [1.82, 2.24) is 9.88 Å². The standard InChI is InChI=1S/C12H20N2O/c1-9(8-14(3)4)5-11-7-13-12(15)6-10(11)2/h6-7,9H,5,8H2,1-4H3,(H,13,15). The predicted molar refractivity (Wildman–Crippen MR) is 63.2 cm³/mol. The van der Waals surface area contributed by atoms with Crippen LogP contribution in [0.3, 0.4) is 0 Å². The molecule has 0 spiro atoms. The number of aromatic nitrogens is 1. The highest BCUT2D eigenvalue weighted by Gasteiger charge is 2.07.